The van der Waals surface area contributed by atoms with E-state index in [0.717, 1.165) is 9.78 Å². The fourth-order valence-corrected chi connectivity index (χ4v) is 4.06. The van der Waals surface area contributed by atoms with Crippen molar-refractivity contribution >= 4 is 23.3 Å². The van der Waals surface area contributed by atoms with Gasteiger partial charge >= 0.3 is 6.03 Å². The van der Waals surface area contributed by atoms with Crippen LogP contribution in [0.25, 0.3) is 10.8 Å². The smallest absolute Gasteiger partial charge is 0.325 e. The zero-order valence-electron chi connectivity index (χ0n) is 17.0. The quantitative estimate of drug-likeness (QED) is 0.603. The third-order valence-corrected chi connectivity index (χ3v) is 6.03. The molecule has 1 saturated heterocycles. The van der Waals surface area contributed by atoms with Crippen LogP contribution in [0.4, 0.5) is 4.79 Å². The Morgan fingerprint density at radius 3 is 2.63 bits per heavy atom. The first-order valence-corrected chi connectivity index (χ1v) is 10.1. The lowest BCUT2D eigenvalue weighted by Crippen LogP contribution is -2.40. The van der Waals surface area contributed by atoms with Gasteiger partial charge in [0.15, 0.2) is 11.5 Å². The number of carbonyl (C=O) groups is 2. The van der Waals surface area contributed by atoms with Gasteiger partial charge in [0.25, 0.3) is 5.91 Å². The number of amides is 3. The Bertz CT molecular complexity index is 1110. The number of benzene rings is 1. The van der Waals surface area contributed by atoms with Gasteiger partial charge in [0.05, 0.1) is 25.6 Å². The number of oxazole rings is 1. The van der Waals surface area contributed by atoms with Crippen molar-refractivity contribution in [2.45, 2.75) is 25.9 Å². The van der Waals surface area contributed by atoms with E-state index in [-0.39, 0.29) is 12.5 Å². The summed E-state index contributed by atoms with van der Waals surface area (Å²) in [5, 5.41) is 4.73. The Kier molecular flexibility index (Phi) is 4.98. The monoisotopic (exact) mass is 427 g/mol. The molecule has 0 unspecified atom stereocenters. The summed E-state index contributed by atoms with van der Waals surface area (Å²) < 4.78 is 16.3. The van der Waals surface area contributed by atoms with Gasteiger partial charge in [-0.15, -0.1) is 11.3 Å². The SMILES string of the molecule is COc1ccc([C@]2(C)NC(=O)N(Cc3nc(-c4cccs4)oc3C)C2=O)cc1OC. The number of imide groups is 1. The van der Waals surface area contributed by atoms with Gasteiger partial charge in [0, 0.05) is 0 Å². The van der Waals surface area contributed by atoms with Gasteiger partial charge in [0.1, 0.15) is 17.0 Å². The summed E-state index contributed by atoms with van der Waals surface area (Å²) in [5.74, 6) is 1.69. The van der Waals surface area contributed by atoms with E-state index in [9.17, 15) is 9.59 Å². The van der Waals surface area contributed by atoms with Crippen molar-refractivity contribution < 1.29 is 23.5 Å². The van der Waals surface area contributed by atoms with E-state index in [1.807, 2.05) is 17.5 Å². The van der Waals surface area contributed by atoms with Crippen molar-refractivity contribution in [1.82, 2.24) is 15.2 Å². The molecule has 9 heteroatoms. The van der Waals surface area contributed by atoms with Gasteiger partial charge in [-0.05, 0) is 43.0 Å². The Morgan fingerprint density at radius 2 is 1.97 bits per heavy atom. The first-order chi connectivity index (χ1) is 14.4. The number of nitrogens with one attached hydrogen (secondary N) is 1. The largest absolute Gasteiger partial charge is 0.493 e. The van der Waals surface area contributed by atoms with E-state index in [2.05, 4.69) is 10.3 Å². The molecule has 0 radical (unpaired) electrons. The third-order valence-electron chi connectivity index (χ3n) is 5.17. The predicted molar refractivity (Wildman–Crippen MR) is 111 cm³/mol. The molecule has 3 aromatic rings. The van der Waals surface area contributed by atoms with E-state index in [1.165, 1.54) is 25.6 Å². The molecule has 3 heterocycles. The fourth-order valence-electron chi connectivity index (χ4n) is 3.41. The number of aromatic nitrogens is 1. The molecule has 0 saturated carbocycles. The normalized spacial score (nSPS) is 18.6. The highest BCUT2D eigenvalue weighted by molar-refractivity contribution is 7.13. The van der Waals surface area contributed by atoms with Gasteiger partial charge in [-0.1, -0.05) is 12.1 Å². The van der Waals surface area contributed by atoms with Crippen molar-refractivity contribution in [2.24, 2.45) is 0 Å². The van der Waals surface area contributed by atoms with E-state index < -0.39 is 11.6 Å². The summed E-state index contributed by atoms with van der Waals surface area (Å²) in [6.45, 7) is 3.46. The molecule has 2 aromatic heterocycles. The number of thiophene rings is 1. The molecule has 1 fully saturated rings. The maximum atomic E-state index is 13.3. The summed E-state index contributed by atoms with van der Waals surface area (Å²) in [4.78, 5) is 32.5. The van der Waals surface area contributed by atoms with Crippen LogP contribution in [0.2, 0.25) is 0 Å². The Morgan fingerprint density at radius 1 is 1.20 bits per heavy atom. The minimum Gasteiger partial charge on any atom is -0.493 e. The highest BCUT2D eigenvalue weighted by atomic mass is 32.1. The fraction of sp³-hybridized carbons (Fsp3) is 0.286. The van der Waals surface area contributed by atoms with Crippen LogP contribution >= 0.6 is 11.3 Å². The lowest BCUT2D eigenvalue weighted by molar-refractivity contribution is -0.131. The van der Waals surface area contributed by atoms with Crippen molar-refractivity contribution in [3.63, 3.8) is 0 Å². The van der Waals surface area contributed by atoms with Crippen LogP contribution in [0.1, 0.15) is 23.9 Å². The lowest BCUT2D eigenvalue weighted by Gasteiger charge is -2.23. The number of nitrogens with zero attached hydrogens (tertiary/aromatic N) is 2. The molecular weight excluding hydrogens is 406 g/mol. The Labute approximate surface area is 177 Å². The number of hydrogen-bond acceptors (Lipinski definition) is 7. The van der Waals surface area contributed by atoms with Gasteiger partial charge in [-0.3, -0.25) is 9.69 Å². The molecule has 0 aliphatic carbocycles. The van der Waals surface area contributed by atoms with Gasteiger partial charge in [-0.25, -0.2) is 9.78 Å². The van der Waals surface area contributed by atoms with Crippen molar-refractivity contribution in [3.8, 4) is 22.3 Å². The number of rotatable bonds is 6. The van der Waals surface area contributed by atoms with Crippen LogP contribution in [0.5, 0.6) is 11.5 Å². The zero-order valence-corrected chi connectivity index (χ0v) is 17.8. The van der Waals surface area contributed by atoms with Crippen LogP contribution < -0.4 is 14.8 Å². The highest BCUT2D eigenvalue weighted by Gasteiger charge is 2.49. The molecule has 1 atom stereocenters. The molecule has 3 amide bonds. The minimum atomic E-state index is -1.23. The van der Waals surface area contributed by atoms with E-state index >= 15 is 0 Å². The van der Waals surface area contributed by atoms with Crippen LogP contribution in [0.3, 0.4) is 0 Å². The predicted octanol–water partition coefficient (Wildman–Crippen LogP) is 3.70. The number of methoxy groups -OCH3 is 2. The molecule has 30 heavy (non-hydrogen) atoms. The standard InChI is InChI=1S/C21H21N3O5S/c1-12-14(22-18(29-12)17-6-5-9-30-17)11-24-19(25)21(2,23-20(24)26)13-7-8-15(27-3)16(10-13)28-4/h5-10H,11H2,1-4H3,(H,23,26)/t21-/m0/s1. The average molecular weight is 427 g/mol. The average Bonchev–Trinajstić information content (AvgIpc) is 3.44. The highest BCUT2D eigenvalue weighted by Crippen LogP contribution is 2.36. The summed E-state index contributed by atoms with van der Waals surface area (Å²) >= 11 is 1.51. The zero-order chi connectivity index (χ0) is 21.5. The van der Waals surface area contributed by atoms with Crippen molar-refractivity contribution in [1.29, 1.82) is 0 Å². The Balaban J connectivity index is 1.62. The minimum absolute atomic E-state index is 0.0221. The van der Waals surface area contributed by atoms with Crippen LogP contribution in [-0.2, 0) is 16.9 Å². The molecule has 1 aliphatic rings. The molecular formula is C21H21N3O5S. The van der Waals surface area contributed by atoms with Crippen molar-refractivity contribution in [3.05, 3.63) is 52.7 Å². The summed E-state index contributed by atoms with van der Waals surface area (Å²) in [5.41, 5.74) is -0.0965. The second-order valence-electron chi connectivity index (χ2n) is 7.02. The van der Waals surface area contributed by atoms with Gasteiger partial charge in [0.2, 0.25) is 5.89 Å². The molecule has 1 N–H and O–H groups in total. The molecule has 0 spiro atoms. The van der Waals surface area contributed by atoms with Crippen LogP contribution in [0, 0.1) is 6.92 Å². The topological polar surface area (TPSA) is 93.9 Å². The first kappa shape index (κ1) is 20.0. The maximum Gasteiger partial charge on any atom is 0.325 e. The molecule has 156 valence electrons. The number of hydrogen-bond donors (Lipinski definition) is 1. The van der Waals surface area contributed by atoms with E-state index in [0.29, 0.717) is 34.4 Å². The molecule has 4 rings (SSSR count). The van der Waals surface area contributed by atoms with Crippen LogP contribution in [-0.4, -0.2) is 36.0 Å². The molecule has 8 nitrogen and oxygen atoms in total. The number of carbonyl (C=O) groups excluding carboxylic acids is 2. The number of aryl methyl sites for hydroxylation is 1. The maximum absolute atomic E-state index is 13.3. The summed E-state index contributed by atoms with van der Waals surface area (Å²) in [6, 6.07) is 8.46. The second-order valence-corrected chi connectivity index (χ2v) is 7.96. The first-order valence-electron chi connectivity index (χ1n) is 9.24. The van der Waals surface area contributed by atoms with Gasteiger partial charge in [-0.2, -0.15) is 0 Å². The van der Waals surface area contributed by atoms with Crippen LogP contribution in [0.15, 0.2) is 40.1 Å². The molecule has 1 aliphatic heterocycles. The Hall–Kier alpha value is -3.33. The summed E-state index contributed by atoms with van der Waals surface area (Å²) in [6.07, 6.45) is 0. The third kappa shape index (κ3) is 3.21. The second kappa shape index (κ2) is 7.49. The van der Waals surface area contributed by atoms with Gasteiger partial charge < -0.3 is 19.2 Å². The van der Waals surface area contributed by atoms with E-state index in [1.54, 1.807) is 32.0 Å². The lowest BCUT2D eigenvalue weighted by atomic mass is 9.91. The number of urea groups is 1. The van der Waals surface area contributed by atoms with E-state index in [4.69, 9.17) is 13.9 Å². The molecule has 0 bridgehead atoms. The van der Waals surface area contributed by atoms with Crippen molar-refractivity contribution in [2.75, 3.05) is 14.2 Å². The molecule has 1 aromatic carbocycles. The summed E-state index contributed by atoms with van der Waals surface area (Å²) in [7, 11) is 3.05. The number of ether oxygens (including phenoxy) is 2.